The lowest BCUT2D eigenvalue weighted by atomic mass is 9.94. The van der Waals surface area contributed by atoms with E-state index in [9.17, 15) is 44.7 Å². The number of esters is 1. The third-order valence-corrected chi connectivity index (χ3v) is 13.8. The first-order valence-corrected chi connectivity index (χ1v) is 20.0. The lowest BCUT2D eigenvalue weighted by Crippen LogP contribution is -2.65. The Morgan fingerprint density at radius 1 is 0.806 bits per heavy atom. The second kappa shape index (κ2) is 11.2. The normalized spacial score (nSPS) is 15.8. The van der Waals surface area contributed by atoms with Gasteiger partial charge in [-0.15, -0.1) is 0 Å². The molecule has 0 aliphatic heterocycles. The third kappa shape index (κ3) is 9.53. The predicted molar refractivity (Wildman–Crippen MR) is 122 cm³/mol. The van der Waals surface area contributed by atoms with Crippen LogP contribution in [-0.2, 0) is 22.6 Å². The molecule has 0 heterocycles. The first-order valence-electron chi connectivity index (χ1n) is 10.6. The minimum atomic E-state index is -6.67. The number of hydrogen-bond donors (Lipinski definition) is 1. The van der Waals surface area contributed by atoms with Crippen LogP contribution in [0.1, 0.15) is 13.3 Å². The van der Waals surface area contributed by atoms with Crippen molar-refractivity contribution < 1.29 is 62.8 Å². The van der Waals surface area contributed by atoms with E-state index in [4.69, 9.17) is 13.3 Å². The zero-order valence-electron chi connectivity index (χ0n) is 21.2. The summed E-state index contributed by atoms with van der Waals surface area (Å²) < 4.78 is 129. The minimum Gasteiger partial charge on any atom is -0.478 e. The van der Waals surface area contributed by atoms with Gasteiger partial charge in [-0.25, -0.2) is 9.59 Å². The summed E-state index contributed by atoms with van der Waals surface area (Å²) in [6, 6.07) is -0.554. The average molecular weight is 593 g/mol. The molecule has 6 nitrogen and oxygen atoms in total. The van der Waals surface area contributed by atoms with Crippen molar-refractivity contribution in [2.45, 2.75) is 95.0 Å². The number of hydrogen-bond acceptors (Lipinski definition) is 5. The Kier molecular flexibility index (Phi) is 10.8. The molecule has 0 rings (SSSR count). The molecule has 1 unspecified atom stereocenters. The van der Waals surface area contributed by atoms with E-state index < -0.39 is 86.3 Å². The molecule has 1 atom stereocenters. The number of ether oxygens (including phenoxy) is 1. The lowest BCUT2D eigenvalue weighted by molar-refractivity contribution is -0.376. The fourth-order valence-corrected chi connectivity index (χ4v) is 15.6. The number of carboxylic acids is 1. The molecule has 0 aromatic rings. The van der Waals surface area contributed by atoms with Crippen LogP contribution >= 0.6 is 0 Å². The van der Waals surface area contributed by atoms with E-state index in [-0.39, 0.29) is 12.2 Å². The number of rotatable bonds is 14. The van der Waals surface area contributed by atoms with Gasteiger partial charge in [0.1, 0.15) is 0 Å². The molecule has 0 bridgehead atoms. The molecule has 0 saturated heterocycles. The molecule has 0 amide bonds. The first kappa shape index (κ1) is 34.7. The van der Waals surface area contributed by atoms with Crippen LogP contribution in [0.3, 0.4) is 0 Å². The van der Waals surface area contributed by atoms with Gasteiger partial charge in [-0.1, -0.05) is 0 Å². The van der Waals surface area contributed by atoms with Crippen molar-refractivity contribution >= 4 is 37.1 Å². The minimum absolute atomic E-state index is 0.0872. The molecule has 212 valence electrons. The van der Waals surface area contributed by atoms with Gasteiger partial charge in [-0.05, 0) is 58.3 Å². The highest BCUT2D eigenvalue weighted by atomic mass is 28.5. The van der Waals surface area contributed by atoms with Crippen LogP contribution in [0.2, 0.25) is 51.9 Å². The number of carboxylic acid groups (broad SMARTS) is 1. The number of aliphatic carboxylic acids is 1. The van der Waals surface area contributed by atoms with Crippen molar-refractivity contribution in [1.82, 2.24) is 0 Å². The van der Waals surface area contributed by atoms with Crippen molar-refractivity contribution in [2.75, 3.05) is 0 Å². The zero-order valence-corrected chi connectivity index (χ0v) is 24.2. The molecule has 0 radical (unpaired) electrons. The summed E-state index contributed by atoms with van der Waals surface area (Å²) in [5.41, 5.74) is 0. The zero-order chi connectivity index (χ0) is 29.2. The van der Waals surface area contributed by atoms with Crippen LogP contribution < -0.4 is 0 Å². The monoisotopic (exact) mass is 592 g/mol. The van der Waals surface area contributed by atoms with Crippen molar-refractivity contribution in [3.63, 3.8) is 0 Å². The summed E-state index contributed by atoms with van der Waals surface area (Å²) in [6.45, 7) is 11.2. The summed E-state index contributed by atoms with van der Waals surface area (Å²) in [5.74, 6) is -28.4. The van der Waals surface area contributed by atoms with Gasteiger partial charge in [-0.3, -0.25) is 0 Å². The van der Waals surface area contributed by atoms with Gasteiger partial charge < -0.3 is 18.1 Å². The maximum Gasteiger partial charge on any atom is 0.381 e. The smallest absolute Gasteiger partial charge is 0.381 e. The van der Waals surface area contributed by atoms with E-state index in [2.05, 4.69) is 4.74 Å². The van der Waals surface area contributed by atoms with Crippen LogP contribution in [0.25, 0.3) is 0 Å². The van der Waals surface area contributed by atoms with Crippen molar-refractivity contribution in [2.24, 2.45) is 0 Å². The van der Waals surface area contributed by atoms with Crippen LogP contribution in [-0.4, -0.2) is 72.0 Å². The second-order valence-corrected chi connectivity index (χ2v) is 23.2. The Bertz CT molecular complexity index is 803. The summed E-state index contributed by atoms with van der Waals surface area (Å²) in [6.07, 6.45) is -4.36. The number of carbonyl (C=O) groups excluding carboxylic acids is 1. The van der Waals surface area contributed by atoms with Gasteiger partial charge in [0, 0.05) is 19.1 Å². The van der Waals surface area contributed by atoms with Gasteiger partial charge in [0.2, 0.25) is 0 Å². The van der Waals surface area contributed by atoms with E-state index in [1.165, 1.54) is 6.55 Å². The van der Waals surface area contributed by atoms with Crippen LogP contribution in [0.4, 0.5) is 35.1 Å². The fraction of sp³-hybridized carbons (Fsp3) is 0.789. The highest BCUT2D eigenvalue weighted by Gasteiger charge is 2.81. The Morgan fingerprint density at radius 2 is 1.22 bits per heavy atom. The van der Waals surface area contributed by atoms with Crippen LogP contribution in [0, 0.1) is 0 Å². The van der Waals surface area contributed by atoms with Gasteiger partial charge in [0.15, 0.2) is 22.7 Å². The molecular weight excluding hydrogens is 560 g/mol. The molecule has 1 N–H and O–H groups in total. The Labute approximate surface area is 207 Å². The summed E-state index contributed by atoms with van der Waals surface area (Å²) >= 11 is 0. The third-order valence-electron chi connectivity index (χ3n) is 4.29. The highest BCUT2D eigenvalue weighted by Crippen LogP contribution is 2.54. The van der Waals surface area contributed by atoms with Gasteiger partial charge in [0.05, 0.1) is 0 Å². The van der Waals surface area contributed by atoms with E-state index in [1.54, 1.807) is 39.3 Å². The SMILES string of the molecule is CC(F)(F)C(F)(F)C(F)(F)C(F)(F)C(CC[Si](C)(O[Si](C)(C)C)O[Si](C)(C)C)OC(=O)/C=C/C(=O)O. The van der Waals surface area contributed by atoms with Crippen molar-refractivity contribution in [3.05, 3.63) is 12.2 Å². The van der Waals surface area contributed by atoms with Gasteiger partial charge in [0.25, 0.3) is 0 Å². The van der Waals surface area contributed by atoms with Crippen LogP contribution in [0.5, 0.6) is 0 Å². The second-order valence-electron chi connectivity index (χ2n) is 10.4. The average Bonchev–Trinajstić information content (AvgIpc) is 2.58. The molecule has 0 aliphatic rings. The first-order chi connectivity index (χ1) is 15.6. The predicted octanol–water partition coefficient (Wildman–Crippen LogP) is 6.27. The van der Waals surface area contributed by atoms with Crippen molar-refractivity contribution in [1.29, 1.82) is 0 Å². The van der Waals surface area contributed by atoms with Crippen LogP contribution in [0.15, 0.2) is 12.2 Å². The number of alkyl halides is 8. The summed E-state index contributed by atoms with van der Waals surface area (Å²) in [7, 11) is -8.36. The fourth-order valence-electron chi connectivity index (χ4n) is 3.13. The molecule has 0 spiro atoms. The largest absolute Gasteiger partial charge is 0.478 e. The molecule has 0 aliphatic carbocycles. The van der Waals surface area contributed by atoms with E-state index in [0.717, 1.165) is 0 Å². The summed E-state index contributed by atoms with van der Waals surface area (Å²) in [5, 5.41) is 8.54. The maximum atomic E-state index is 14.9. The Morgan fingerprint density at radius 3 is 1.56 bits per heavy atom. The molecule has 0 aromatic heterocycles. The van der Waals surface area contributed by atoms with Crippen molar-refractivity contribution in [3.8, 4) is 0 Å². The van der Waals surface area contributed by atoms with Gasteiger partial charge in [-0.2, -0.15) is 35.1 Å². The Balaban J connectivity index is 6.48. The maximum absolute atomic E-state index is 14.9. The lowest BCUT2D eigenvalue weighted by Gasteiger charge is -2.41. The molecule has 0 fully saturated rings. The number of carbonyl (C=O) groups is 2. The standard InChI is InChI=1S/C19H32F8O6Si3/c1-16(20,21)18(24,25)19(26,27)17(22,23)13(31-15(30)10-9-14(28)29)11-12-36(8,32-34(2,3)4)33-35(5,6)7/h9-10,13H,11-12H2,1-8H3,(H,28,29)/b10-9+. The van der Waals surface area contributed by atoms with E-state index in [0.29, 0.717) is 0 Å². The highest BCUT2D eigenvalue weighted by molar-refractivity contribution is 6.87. The van der Waals surface area contributed by atoms with Gasteiger partial charge >= 0.3 is 44.2 Å². The topological polar surface area (TPSA) is 82.1 Å². The number of halogens is 8. The molecule has 17 heteroatoms. The quantitative estimate of drug-likeness (QED) is 0.111. The molecule has 36 heavy (non-hydrogen) atoms. The summed E-state index contributed by atoms with van der Waals surface area (Å²) in [4.78, 5) is 22.4. The molecule has 0 aromatic carbocycles. The molecular formula is C19H32F8O6Si3. The Hall–Kier alpha value is -1.31. The molecule has 0 saturated carbocycles. The van der Waals surface area contributed by atoms with E-state index >= 15 is 0 Å². The van der Waals surface area contributed by atoms with E-state index in [1.807, 2.05) is 0 Å².